The maximum Gasteiger partial charge on any atom is 0.228 e. The number of hydrogen-bond donors (Lipinski definition) is 1. The fourth-order valence-corrected chi connectivity index (χ4v) is 3.15. The third-order valence-corrected chi connectivity index (χ3v) is 4.42. The Morgan fingerprint density at radius 2 is 1.80 bits per heavy atom. The fourth-order valence-electron chi connectivity index (χ4n) is 3.15. The Kier molecular flexibility index (Phi) is 3.90. The molecular formula is C22H18N2O. The van der Waals surface area contributed by atoms with E-state index in [0.717, 1.165) is 33.1 Å². The third kappa shape index (κ3) is 3.09. The summed E-state index contributed by atoms with van der Waals surface area (Å²) in [5.41, 5.74) is 3.83. The zero-order chi connectivity index (χ0) is 17.2. The summed E-state index contributed by atoms with van der Waals surface area (Å²) in [5, 5.41) is 6.33. The molecule has 0 saturated heterocycles. The van der Waals surface area contributed by atoms with Crippen molar-refractivity contribution in [1.29, 1.82) is 0 Å². The van der Waals surface area contributed by atoms with E-state index in [1.165, 1.54) is 5.39 Å². The molecular weight excluding hydrogens is 308 g/mol. The number of anilines is 1. The van der Waals surface area contributed by atoms with Crippen LogP contribution in [0.4, 0.5) is 5.69 Å². The lowest BCUT2D eigenvalue weighted by molar-refractivity contribution is -0.115. The highest BCUT2D eigenvalue weighted by molar-refractivity contribution is 6.02. The van der Waals surface area contributed by atoms with Gasteiger partial charge in [-0.3, -0.25) is 9.78 Å². The molecule has 0 spiro atoms. The van der Waals surface area contributed by atoms with Crippen LogP contribution in [0.5, 0.6) is 0 Å². The van der Waals surface area contributed by atoms with Gasteiger partial charge in [0.15, 0.2) is 0 Å². The van der Waals surface area contributed by atoms with Crippen LogP contribution in [0.2, 0.25) is 0 Å². The molecule has 3 nitrogen and oxygen atoms in total. The van der Waals surface area contributed by atoms with E-state index < -0.39 is 0 Å². The van der Waals surface area contributed by atoms with Gasteiger partial charge >= 0.3 is 0 Å². The number of hydrogen-bond acceptors (Lipinski definition) is 2. The summed E-state index contributed by atoms with van der Waals surface area (Å²) in [6, 6.07) is 22.1. The second-order valence-corrected chi connectivity index (χ2v) is 6.24. The first-order valence-corrected chi connectivity index (χ1v) is 8.32. The molecule has 0 atom stereocenters. The van der Waals surface area contributed by atoms with Gasteiger partial charge < -0.3 is 5.32 Å². The Morgan fingerprint density at radius 3 is 2.68 bits per heavy atom. The van der Waals surface area contributed by atoms with E-state index in [4.69, 9.17) is 0 Å². The van der Waals surface area contributed by atoms with Crippen molar-refractivity contribution in [2.24, 2.45) is 0 Å². The van der Waals surface area contributed by atoms with E-state index in [2.05, 4.69) is 34.6 Å². The van der Waals surface area contributed by atoms with Crippen LogP contribution >= 0.6 is 0 Å². The number of rotatable bonds is 3. The predicted octanol–water partition coefficient (Wildman–Crippen LogP) is 4.88. The highest BCUT2D eigenvalue weighted by Gasteiger charge is 2.09. The maximum absolute atomic E-state index is 12.5. The minimum absolute atomic E-state index is 0.0238. The first-order chi connectivity index (χ1) is 12.2. The van der Waals surface area contributed by atoms with Gasteiger partial charge in [0, 0.05) is 11.6 Å². The first kappa shape index (κ1) is 15.3. The summed E-state index contributed by atoms with van der Waals surface area (Å²) in [4.78, 5) is 16.9. The van der Waals surface area contributed by atoms with Gasteiger partial charge in [-0.25, -0.2) is 0 Å². The molecule has 25 heavy (non-hydrogen) atoms. The van der Waals surface area contributed by atoms with Gasteiger partial charge in [-0.15, -0.1) is 0 Å². The average Bonchev–Trinajstić information content (AvgIpc) is 2.64. The number of aromatic nitrogens is 1. The maximum atomic E-state index is 12.5. The molecule has 0 radical (unpaired) electrons. The van der Waals surface area contributed by atoms with Crippen molar-refractivity contribution in [3.8, 4) is 0 Å². The van der Waals surface area contributed by atoms with Crippen molar-refractivity contribution >= 4 is 33.3 Å². The minimum atomic E-state index is -0.0238. The lowest BCUT2D eigenvalue weighted by Gasteiger charge is -2.10. The Labute approximate surface area is 146 Å². The lowest BCUT2D eigenvalue weighted by Crippen LogP contribution is -2.14. The predicted molar refractivity (Wildman–Crippen MR) is 103 cm³/mol. The van der Waals surface area contributed by atoms with Gasteiger partial charge in [-0.1, -0.05) is 48.5 Å². The second kappa shape index (κ2) is 6.36. The number of carbonyl (C=O) groups is 1. The van der Waals surface area contributed by atoms with Crippen molar-refractivity contribution in [2.75, 3.05) is 5.32 Å². The molecule has 1 aromatic heterocycles. The van der Waals surface area contributed by atoms with Crippen molar-refractivity contribution < 1.29 is 4.79 Å². The Morgan fingerprint density at radius 1 is 0.960 bits per heavy atom. The smallest absolute Gasteiger partial charge is 0.228 e. The molecule has 0 aliphatic heterocycles. The number of nitrogens with zero attached hydrogens (tertiary/aromatic N) is 1. The molecule has 0 bridgehead atoms. The molecule has 1 amide bonds. The van der Waals surface area contributed by atoms with Crippen LogP contribution in [0, 0.1) is 6.92 Å². The number of fused-ring (bicyclic) bond motifs is 2. The van der Waals surface area contributed by atoms with Crippen LogP contribution in [0.1, 0.15) is 11.1 Å². The molecule has 0 unspecified atom stereocenters. The molecule has 0 fully saturated rings. The van der Waals surface area contributed by atoms with E-state index >= 15 is 0 Å². The van der Waals surface area contributed by atoms with Gasteiger partial charge in [0.2, 0.25) is 5.91 Å². The fraction of sp³-hybridized carbons (Fsp3) is 0.0909. The quantitative estimate of drug-likeness (QED) is 0.583. The molecule has 4 aromatic rings. The molecule has 1 heterocycles. The second-order valence-electron chi connectivity index (χ2n) is 6.24. The standard InChI is InChI=1S/C22H18N2O/c1-15-8-11-20(19-7-4-12-23-22(15)19)24-21(25)14-16-9-10-17-5-2-3-6-18(17)13-16/h2-13H,14H2,1H3,(H,24,25). The van der Waals surface area contributed by atoms with Gasteiger partial charge in [-0.2, -0.15) is 0 Å². The summed E-state index contributed by atoms with van der Waals surface area (Å²) in [5.74, 6) is -0.0238. The van der Waals surface area contributed by atoms with E-state index in [1.54, 1.807) is 6.20 Å². The van der Waals surface area contributed by atoms with Crippen molar-refractivity contribution in [3.05, 3.63) is 84.1 Å². The molecule has 3 heteroatoms. The Bertz CT molecular complexity index is 1090. The normalized spacial score (nSPS) is 10.9. The Balaban J connectivity index is 1.59. The number of benzene rings is 3. The summed E-state index contributed by atoms with van der Waals surface area (Å²) < 4.78 is 0. The van der Waals surface area contributed by atoms with Gasteiger partial charge in [0.25, 0.3) is 0 Å². The first-order valence-electron chi connectivity index (χ1n) is 8.32. The minimum Gasteiger partial charge on any atom is -0.325 e. The van der Waals surface area contributed by atoms with E-state index in [9.17, 15) is 4.79 Å². The number of nitrogens with one attached hydrogen (secondary N) is 1. The zero-order valence-electron chi connectivity index (χ0n) is 14.0. The van der Waals surface area contributed by atoms with Crippen LogP contribution in [-0.2, 0) is 11.2 Å². The van der Waals surface area contributed by atoms with Gasteiger partial charge in [0.1, 0.15) is 0 Å². The number of aryl methyl sites for hydroxylation is 1. The number of amides is 1. The van der Waals surface area contributed by atoms with E-state index in [-0.39, 0.29) is 5.91 Å². The molecule has 0 saturated carbocycles. The van der Waals surface area contributed by atoms with Crippen molar-refractivity contribution in [1.82, 2.24) is 4.98 Å². The summed E-state index contributed by atoms with van der Waals surface area (Å²) in [6.07, 6.45) is 2.12. The summed E-state index contributed by atoms with van der Waals surface area (Å²) in [7, 11) is 0. The number of carbonyl (C=O) groups excluding carboxylic acids is 1. The van der Waals surface area contributed by atoms with Crippen LogP contribution in [0.15, 0.2) is 72.9 Å². The van der Waals surface area contributed by atoms with Gasteiger partial charge in [0.05, 0.1) is 17.6 Å². The highest BCUT2D eigenvalue weighted by atomic mass is 16.1. The summed E-state index contributed by atoms with van der Waals surface area (Å²) >= 11 is 0. The Hall–Kier alpha value is -3.20. The summed E-state index contributed by atoms with van der Waals surface area (Å²) in [6.45, 7) is 2.02. The van der Waals surface area contributed by atoms with Crippen LogP contribution in [0.3, 0.4) is 0 Å². The molecule has 3 aromatic carbocycles. The topological polar surface area (TPSA) is 42.0 Å². The number of pyridine rings is 1. The van der Waals surface area contributed by atoms with Crippen LogP contribution in [-0.4, -0.2) is 10.9 Å². The molecule has 0 aliphatic carbocycles. The third-order valence-electron chi connectivity index (χ3n) is 4.42. The van der Waals surface area contributed by atoms with Crippen molar-refractivity contribution in [2.45, 2.75) is 13.3 Å². The lowest BCUT2D eigenvalue weighted by atomic mass is 10.0. The highest BCUT2D eigenvalue weighted by Crippen LogP contribution is 2.25. The van der Waals surface area contributed by atoms with Gasteiger partial charge in [-0.05, 0) is 47.0 Å². The molecule has 1 N–H and O–H groups in total. The molecule has 0 aliphatic rings. The van der Waals surface area contributed by atoms with Crippen molar-refractivity contribution in [3.63, 3.8) is 0 Å². The largest absolute Gasteiger partial charge is 0.325 e. The average molecular weight is 326 g/mol. The van der Waals surface area contributed by atoms with Crippen LogP contribution in [0.25, 0.3) is 21.7 Å². The zero-order valence-corrected chi connectivity index (χ0v) is 14.0. The molecule has 4 rings (SSSR count). The van der Waals surface area contributed by atoms with E-state index in [0.29, 0.717) is 6.42 Å². The van der Waals surface area contributed by atoms with E-state index in [1.807, 2.05) is 49.4 Å². The monoisotopic (exact) mass is 326 g/mol. The SMILES string of the molecule is Cc1ccc(NC(=O)Cc2ccc3ccccc3c2)c2cccnc12. The van der Waals surface area contributed by atoms with Crippen LogP contribution < -0.4 is 5.32 Å². The molecule has 122 valence electrons.